The van der Waals surface area contributed by atoms with Crippen LogP contribution in [-0.4, -0.2) is 67.6 Å². The van der Waals surface area contributed by atoms with Gasteiger partial charge < -0.3 is 15.0 Å². The standard InChI is InChI=1S/C21H33N3O2/c1-15(2)8-9-20-21(25)23(3)14-18-12-22-17(13-24(18)20)10-16-6-5-7-19(11-16)26-4/h5-7,11,15,17-18,20,22H,8-10,12-14H2,1-4H3/t17-,18+,20-/m0/s1. The summed E-state index contributed by atoms with van der Waals surface area (Å²) in [6.45, 7) is 7.18. The summed E-state index contributed by atoms with van der Waals surface area (Å²) in [7, 11) is 3.65. The molecule has 3 atom stereocenters. The summed E-state index contributed by atoms with van der Waals surface area (Å²) in [6.07, 6.45) is 3.02. The van der Waals surface area contributed by atoms with Crippen molar-refractivity contribution in [3.05, 3.63) is 29.8 Å². The number of carbonyl (C=O) groups excluding carboxylic acids is 1. The van der Waals surface area contributed by atoms with E-state index < -0.39 is 0 Å². The number of rotatable bonds is 6. The van der Waals surface area contributed by atoms with E-state index in [0.29, 0.717) is 23.9 Å². The summed E-state index contributed by atoms with van der Waals surface area (Å²) in [5.41, 5.74) is 1.28. The Morgan fingerprint density at radius 3 is 2.85 bits per heavy atom. The lowest BCUT2D eigenvalue weighted by Gasteiger charge is -2.50. The summed E-state index contributed by atoms with van der Waals surface area (Å²) < 4.78 is 5.35. The minimum absolute atomic E-state index is 0.0380. The number of ether oxygens (including phenoxy) is 1. The quantitative estimate of drug-likeness (QED) is 0.845. The molecule has 1 aromatic rings. The smallest absolute Gasteiger partial charge is 0.239 e. The second-order valence-electron chi connectivity index (χ2n) is 8.22. The fourth-order valence-electron chi connectivity index (χ4n) is 4.24. The first-order valence-corrected chi connectivity index (χ1v) is 9.85. The second-order valence-corrected chi connectivity index (χ2v) is 8.22. The molecule has 0 unspecified atom stereocenters. The van der Waals surface area contributed by atoms with E-state index in [0.717, 1.165) is 44.6 Å². The molecular weight excluding hydrogens is 326 g/mol. The molecule has 2 fully saturated rings. The van der Waals surface area contributed by atoms with E-state index in [1.807, 2.05) is 24.1 Å². The highest BCUT2D eigenvalue weighted by molar-refractivity contribution is 5.82. The lowest BCUT2D eigenvalue weighted by atomic mass is 9.93. The molecule has 1 N–H and O–H groups in total. The van der Waals surface area contributed by atoms with Crippen LogP contribution in [0.3, 0.4) is 0 Å². The number of fused-ring (bicyclic) bond motifs is 1. The first-order valence-electron chi connectivity index (χ1n) is 9.85. The molecule has 0 saturated carbocycles. The summed E-state index contributed by atoms with van der Waals surface area (Å²) in [5, 5.41) is 3.70. The van der Waals surface area contributed by atoms with Crippen molar-refractivity contribution >= 4 is 5.91 Å². The Morgan fingerprint density at radius 1 is 1.31 bits per heavy atom. The summed E-state index contributed by atoms with van der Waals surface area (Å²) >= 11 is 0. The van der Waals surface area contributed by atoms with Crippen LogP contribution < -0.4 is 10.1 Å². The highest BCUT2D eigenvalue weighted by atomic mass is 16.5. The van der Waals surface area contributed by atoms with Gasteiger partial charge in [0, 0.05) is 38.8 Å². The number of amides is 1. The number of carbonyl (C=O) groups is 1. The Kier molecular flexibility index (Phi) is 6.20. The van der Waals surface area contributed by atoms with Gasteiger partial charge in [-0.25, -0.2) is 0 Å². The third-order valence-corrected chi connectivity index (χ3v) is 5.72. The van der Waals surface area contributed by atoms with E-state index in [-0.39, 0.29) is 6.04 Å². The van der Waals surface area contributed by atoms with E-state index in [9.17, 15) is 4.79 Å². The van der Waals surface area contributed by atoms with Crippen LogP contribution in [0.15, 0.2) is 24.3 Å². The molecule has 26 heavy (non-hydrogen) atoms. The number of nitrogens with one attached hydrogen (secondary N) is 1. The van der Waals surface area contributed by atoms with E-state index in [2.05, 4.69) is 36.2 Å². The maximum Gasteiger partial charge on any atom is 0.239 e. The minimum atomic E-state index is 0.0380. The molecule has 0 radical (unpaired) electrons. The molecule has 0 bridgehead atoms. The second kappa shape index (κ2) is 8.40. The zero-order chi connectivity index (χ0) is 18.7. The number of hydrogen-bond donors (Lipinski definition) is 1. The van der Waals surface area contributed by atoms with Crippen LogP contribution in [0, 0.1) is 5.92 Å². The van der Waals surface area contributed by atoms with Gasteiger partial charge in [-0.05, 0) is 42.9 Å². The molecule has 0 aliphatic carbocycles. The van der Waals surface area contributed by atoms with E-state index >= 15 is 0 Å². The van der Waals surface area contributed by atoms with Crippen molar-refractivity contribution in [2.75, 3.05) is 33.8 Å². The van der Waals surface area contributed by atoms with Crippen molar-refractivity contribution in [1.29, 1.82) is 0 Å². The maximum atomic E-state index is 12.8. The summed E-state index contributed by atoms with van der Waals surface area (Å²) in [6, 6.07) is 9.13. The van der Waals surface area contributed by atoms with Crippen molar-refractivity contribution in [2.45, 2.75) is 51.2 Å². The summed E-state index contributed by atoms with van der Waals surface area (Å²) in [5.74, 6) is 1.83. The monoisotopic (exact) mass is 359 g/mol. The van der Waals surface area contributed by atoms with Gasteiger partial charge >= 0.3 is 0 Å². The largest absolute Gasteiger partial charge is 0.497 e. The average Bonchev–Trinajstić information content (AvgIpc) is 2.62. The highest BCUT2D eigenvalue weighted by Crippen LogP contribution is 2.25. The molecule has 2 heterocycles. The number of piperazine rings is 2. The van der Waals surface area contributed by atoms with Crippen LogP contribution in [0.1, 0.15) is 32.3 Å². The van der Waals surface area contributed by atoms with Gasteiger partial charge in [0.25, 0.3) is 0 Å². The van der Waals surface area contributed by atoms with Gasteiger partial charge in [0.05, 0.1) is 13.2 Å². The van der Waals surface area contributed by atoms with Crippen LogP contribution in [0.5, 0.6) is 5.75 Å². The zero-order valence-corrected chi connectivity index (χ0v) is 16.6. The first-order chi connectivity index (χ1) is 12.5. The molecule has 3 rings (SSSR count). The van der Waals surface area contributed by atoms with Crippen LogP contribution in [-0.2, 0) is 11.2 Å². The number of hydrogen-bond acceptors (Lipinski definition) is 4. The van der Waals surface area contributed by atoms with E-state index in [1.54, 1.807) is 7.11 Å². The molecule has 2 aliphatic heterocycles. The number of methoxy groups -OCH3 is 1. The fraction of sp³-hybridized carbons (Fsp3) is 0.667. The number of benzene rings is 1. The van der Waals surface area contributed by atoms with Crippen molar-refractivity contribution in [3.63, 3.8) is 0 Å². The maximum absolute atomic E-state index is 12.8. The molecule has 144 valence electrons. The summed E-state index contributed by atoms with van der Waals surface area (Å²) in [4.78, 5) is 17.2. The lowest BCUT2D eigenvalue weighted by molar-refractivity contribution is -0.145. The van der Waals surface area contributed by atoms with Crippen molar-refractivity contribution < 1.29 is 9.53 Å². The molecule has 0 spiro atoms. The first kappa shape index (κ1) is 19.2. The Hall–Kier alpha value is -1.59. The van der Waals surface area contributed by atoms with Gasteiger partial charge in [0.2, 0.25) is 5.91 Å². The van der Waals surface area contributed by atoms with Crippen molar-refractivity contribution in [1.82, 2.24) is 15.1 Å². The molecule has 1 amide bonds. The molecule has 5 nitrogen and oxygen atoms in total. The predicted molar refractivity (Wildman–Crippen MR) is 104 cm³/mol. The predicted octanol–water partition coefficient (Wildman–Crippen LogP) is 2.16. The average molecular weight is 360 g/mol. The van der Waals surface area contributed by atoms with Crippen LogP contribution in [0.2, 0.25) is 0 Å². The van der Waals surface area contributed by atoms with Gasteiger partial charge in [-0.2, -0.15) is 0 Å². The van der Waals surface area contributed by atoms with Gasteiger partial charge in [-0.15, -0.1) is 0 Å². The van der Waals surface area contributed by atoms with E-state index in [4.69, 9.17) is 4.74 Å². The van der Waals surface area contributed by atoms with Crippen molar-refractivity contribution in [3.8, 4) is 5.75 Å². The van der Waals surface area contributed by atoms with Crippen LogP contribution in [0.25, 0.3) is 0 Å². The molecular formula is C21H33N3O2. The Morgan fingerprint density at radius 2 is 2.12 bits per heavy atom. The van der Waals surface area contributed by atoms with Gasteiger partial charge in [-0.3, -0.25) is 9.69 Å². The normalized spacial score (nSPS) is 26.9. The minimum Gasteiger partial charge on any atom is -0.497 e. The SMILES string of the molecule is COc1cccc(C[C@H]2CN3[C@H](CN2)CN(C)C(=O)[C@@H]3CCC(C)C)c1. The van der Waals surface area contributed by atoms with Gasteiger partial charge in [-0.1, -0.05) is 26.0 Å². The third kappa shape index (κ3) is 4.38. The van der Waals surface area contributed by atoms with E-state index in [1.165, 1.54) is 5.56 Å². The number of nitrogens with zero attached hydrogens (tertiary/aromatic N) is 2. The molecule has 0 aromatic heterocycles. The van der Waals surface area contributed by atoms with Gasteiger partial charge in [0.15, 0.2) is 0 Å². The van der Waals surface area contributed by atoms with Crippen molar-refractivity contribution in [2.24, 2.45) is 5.92 Å². The van der Waals surface area contributed by atoms with Gasteiger partial charge in [0.1, 0.15) is 5.75 Å². The molecule has 5 heteroatoms. The van der Waals surface area contributed by atoms with Crippen LogP contribution >= 0.6 is 0 Å². The third-order valence-electron chi connectivity index (χ3n) is 5.72. The Bertz CT molecular complexity index is 619. The Balaban J connectivity index is 1.69. The molecule has 1 aromatic carbocycles. The lowest BCUT2D eigenvalue weighted by Crippen LogP contribution is -2.69. The highest BCUT2D eigenvalue weighted by Gasteiger charge is 2.41. The fourth-order valence-corrected chi connectivity index (χ4v) is 4.24. The number of likely N-dealkylation sites (N-methyl/N-ethyl adjacent to an activating group) is 1. The topological polar surface area (TPSA) is 44.8 Å². The zero-order valence-electron chi connectivity index (χ0n) is 16.6. The Labute approximate surface area is 157 Å². The van der Waals surface area contributed by atoms with Crippen LogP contribution in [0.4, 0.5) is 0 Å². The molecule has 2 saturated heterocycles. The molecule has 2 aliphatic rings.